The molecule has 0 saturated heterocycles. The largest absolute Gasteiger partial charge is 0.479 e. The molecule has 0 spiro atoms. The van der Waals surface area contributed by atoms with Crippen LogP contribution in [0.1, 0.15) is 15.9 Å². The van der Waals surface area contributed by atoms with Crippen molar-refractivity contribution in [3.05, 3.63) is 64.7 Å². The smallest absolute Gasteiger partial charge is 0.150 e. The van der Waals surface area contributed by atoms with Crippen LogP contribution >= 0.6 is 11.6 Å². The van der Waals surface area contributed by atoms with Crippen LogP contribution in [0.15, 0.2) is 48.5 Å². The normalized spacial score (nSPS) is 9.32. The van der Waals surface area contributed by atoms with Crippen LogP contribution in [0.25, 0.3) is 0 Å². The number of rotatable bonds is 3. The van der Waals surface area contributed by atoms with Gasteiger partial charge in [-0.05, 0) is 30.3 Å². The van der Waals surface area contributed by atoms with E-state index < -0.39 is 0 Å². The molecule has 19 heavy (non-hydrogen) atoms. The van der Waals surface area contributed by atoms with Crippen molar-refractivity contribution in [2.24, 2.45) is 0 Å². The molecule has 0 heterocycles. The Kier molecular flexibility index (Phi) is 4.60. The number of ether oxygens (including phenoxy) is 1. The molecule has 0 N–H and O–H groups in total. The van der Waals surface area contributed by atoms with E-state index in [1.807, 2.05) is 30.3 Å². The van der Waals surface area contributed by atoms with Gasteiger partial charge in [0, 0.05) is 11.1 Å². The van der Waals surface area contributed by atoms with Gasteiger partial charge in [-0.3, -0.25) is 4.79 Å². The molecule has 0 radical (unpaired) electrons. The third-order valence-electron chi connectivity index (χ3n) is 2.40. The Morgan fingerprint density at radius 2 is 1.95 bits per heavy atom. The van der Waals surface area contributed by atoms with Gasteiger partial charge in [0.15, 0.2) is 0 Å². The Hall–Kier alpha value is -2.24. The average Bonchev–Trinajstić information content (AvgIpc) is 2.46. The molecule has 0 aliphatic rings. The number of aldehydes is 1. The number of hydrogen-bond acceptors (Lipinski definition) is 2. The second-order valence-corrected chi connectivity index (χ2v) is 4.17. The zero-order valence-corrected chi connectivity index (χ0v) is 10.9. The van der Waals surface area contributed by atoms with E-state index >= 15 is 0 Å². The first-order valence-electron chi connectivity index (χ1n) is 5.71. The van der Waals surface area contributed by atoms with Crippen LogP contribution < -0.4 is 4.74 Å². The number of halogens is 1. The highest BCUT2D eigenvalue weighted by atomic mass is 35.5. The SMILES string of the molecule is O=Cc1ccc(OCC#Cc2ccccc2)c(Cl)c1. The minimum Gasteiger partial charge on any atom is -0.479 e. The molecule has 3 heteroatoms. The van der Waals surface area contributed by atoms with Crippen molar-refractivity contribution in [3.63, 3.8) is 0 Å². The first-order chi connectivity index (χ1) is 9.29. The van der Waals surface area contributed by atoms with Crippen LogP contribution in [0.4, 0.5) is 0 Å². The van der Waals surface area contributed by atoms with E-state index in [9.17, 15) is 4.79 Å². The standard InChI is InChI=1S/C16H11ClO2/c17-15-11-14(12-18)8-9-16(15)19-10-4-7-13-5-2-1-3-6-13/h1-3,5-6,8-9,11-12H,10H2. The molecule has 0 fully saturated rings. The lowest BCUT2D eigenvalue weighted by molar-refractivity contribution is 0.112. The minimum atomic E-state index is 0.245. The second-order valence-electron chi connectivity index (χ2n) is 3.76. The van der Waals surface area contributed by atoms with Gasteiger partial charge in [-0.2, -0.15) is 0 Å². The predicted molar refractivity (Wildman–Crippen MR) is 75.7 cm³/mol. The van der Waals surface area contributed by atoms with Gasteiger partial charge in [-0.15, -0.1) is 0 Å². The van der Waals surface area contributed by atoms with E-state index in [4.69, 9.17) is 16.3 Å². The van der Waals surface area contributed by atoms with Crippen molar-refractivity contribution in [1.29, 1.82) is 0 Å². The van der Waals surface area contributed by atoms with Crippen LogP contribution in [-0.2, 0) is 0 Å². The summed E-state index contributed by atoms with van der Waals surface area (Å²) in [5, 5.41) is 0.408. The van der Waals surface area contributed by atoms with Crippen LogP contribution in [0.5, 0.6) is 5.75 Å². The fraction of sp³-hybridized carbons (Fsp3) is 0.0625. The predicted octanol–water partition coefficient (Wildman–Crippen LogP) is 3.58. The summed E-state index contributed by atoms with van der Waals surface area (Å²) in [5.74, 6) is 6.41. The molecule has 0 aliphatic carbocycles. The van der Waals surface area contributed by atoms with Crippen LogP contribution in [-0.4, -0.2) is 12.9 Å². The Morgan fingerprint density at radius 3 is 2.63 bits per heavy atom. The average molecular weight is 271 g/mol. The Balaban J connectivity index is 1.97. The second kappa shape index (κ2) is 6.63. The zero-order valence-electron chi connectivity index (χ0n) is 10.1. The van der Waals surface area contributed by atoms with E-state index in [2.05, 4.69) is 11.8 Å². The third-order valence-corrected chi connectivity index (χ3v) is 2.69. The number of carbonyl (C=O) groups excluding carboxylic acids is 1. The van der Waals surface area contributed by atoms with Gasteiger partial charge in [0.2, 0.25) is 0 Å². The summed E-state index contributed by atoms with van der Waals surface area (Å²) < 4.78 is 5.44. The number of hydrogen-bond donors (Lipinski definition) is 0. The van der Waals surface area contributed by atoms with E-state index in [-0.39, 0.29) is 6.61 Å². The summed E-state index contributed by atoms with van der Waals surface area (Å²) in [5.41, 5.74) is 1.46. The van der Waals surface area contributed by atoms with Gasteiger partial charge in [-0.1, -0.05) is 41.6 Å². The molecule has 0 aliphatic heterocycles. The van der Waals surface area contributed by atoms with E-state index in [1.54, 1.807) is 18.2 Å². The summed E-state index contributed by atoms with van der Waals surface area (Å²) >= 11 is 5.97. The maximum absolute atomic E-state index is 10.6. The van der Waals surface area contributed by atoms with E-state index in [0.717, 1.165) is 11.8 Å². The van der Waals surface area contributed by atoms with Crippen molar-refractivity contribution < 1.29 is 9.53 Å². The third kappa shape index (κ3) is 3.87. The van der Waals surface area contributed by atoms with E-state index in [0.29, 0.717) is 16.3 Å². The highest BCUT2D eigenvalue weighted by molar-refractivity contribution is 6.32. The van der Waals surface area contributed by atoms with Crippen molar-refractivity contribution in [2.75, 3.05) is 6.61 Å². The number of carbonyl (C=O) groups is 1. The molecule has 0 saturated carbocycles. The van der Waals surface area contributed by atoms with Gasteiger partial charge >= 0.3 is 0 Å². The van der Waals surface area contributed by atoms with Gasteiger partial charge in [-0.25, -0.2) is 0 Å². The lowest BCUT2D eigenvalue weighted by Crippen LogP contribution is -1.95. The molecule has 2 rings (SSSR count). The summed E-state index contributed by atoms with van der Waals surface area (Å²) in [7, 11) is 0. The van der Waals surface area contributed by atoms with Crippen LogP contribution in [0.3, 0.4) is 0 Å². The van der Waals surface area contributed by atoms with Crippen LogP contribution in [0, 0.1) is 11.8 Å². The molecule has 0 unspecified atom stereocenters. The lowest BCUT2D eigenvalue weighted by atomic mass is 10.2. The lowest BCUT2D eigenvalue weighted by Gasteiger charge is -2.04. The highest BCUT2D eigenvalue weighted by Crippen LogP contribution is 2.24. The molecule has 94 valence electrons. The highest BCUT2D eigenvalue weighted by Gasteiger charge is 2.01. The monoisotopic (exact) mass is 270 g/mol. The topological polar surface area (TPSA) is 26.3 Å². The molecule has 2 aromatic rings. The fourth-order valence-corrected chi connectivity index (χ4v) is 1.72. The Bertz CT molecular complexity index is 624. The molecule has 0 aromatic heterocycles. The van der Waals surface area contributed by atoms with Crippen molar-refractivity contribution in [2.45, 2.75) is 0 Å². The van der Waals surface area contributed by atoms with E-state index in [1.165, 1.54) is 0 Å². The molecule has 0 amide bonds. The minimum absolute atomic E-state index is 0.245. The van der Waals surface area contributed by atoms with Crippen molar-refractivity contribution in [3.8, 4) is 17.6 Å². The van der Waals surface area contributed by atoms with Crippen LogP contribution in [0.2, 0.25) is 5.02 Å². The van der Waals surface area contributed by atoms with Crippen molar-refractivity contribution >= 4 is 17.9 Å². The molecule has 2 aromatic carbocycles. The maximum Gasteiger partial charge on any atom is 0.150 e. The molecule has 0 atom stereocenters. The number of benzene rings is 2. The summed E-state index contributed by atoms with van der Waals surface area (Å²) in [6, 6.07) is 14.5. The van der Waals surface area contributed by atoms with Gasteiger partial charge < -0.3 is 4.74 Å². The van der Waals surface area contributed by atoms with Gasteiger partial charge in [0.25, 0.3) is 0 Å². The molecular weight excluding hydrogens is 260 g/mol. The first-order valence-corrected chi connectivity index (χ1v) is 6.09. The zero-order chi connectivity index (χ0) is 13.5. The first kappa shape index (κ1) is 13.2. The molecule has 0 bridgehead atoms. The van der Waals surface area contributed by atoms with Gasteiger partial charge in [0.05, 0.1) is 5.02 Å². The molecular formula is C16H11ClO2. The summed E-state index contributed by atoms with van der Waals surface area (Å²) in [6.45, 7) is 0.245. The maximum atomic E-state index is 10.6. The quantitative estimate of drug-likeness (QED) is 0.629. The Labute approximate surface area is 117 Å². The van der Waals surface area contributed by atoms with Gasteiger partial charge in [0.1, 0.15) is 18.6 Å². The summed E-state index contributed by atoms with van der Waals surface area (Å²) in [4.78, 5) is 10.6. The fourth-order valence-electron chi connectivity index (χ4n) is 1.48. The van der Waals surface area contributed by atoms with Crippen molar-refractivity contribution in [1.82, 2.24) is 0 Å². The molecule has 2 nitrogen and oxygen atoms in total. The Morgan fingerprint density at radius 1 is 1.16 bits per heavy atom. The summed E-state index contributed by atoms with van der Waals surface area (Å²) in [6.07, 6.45) is 0.741.